The van der Waals surface area contributed by atoms with Crippen LogP contribution in [0.5, 0.6) is 0 Å². The van der Waals surface area contributed by atoms with Crippen LogP contribution in [0.25, 0.3) is 0 Å². The molecule has 0 aromatic carbocycles. The van der Waals surface area contributed by atoms with Crippen molar-refractivity contribution in [3.05, 3.63) is 0 Å². The fourth-order valence-corrected chi connectivity index (χ4v) is 2.93. The molecule has 1 saturated heterocycles. The molecule has 1 aliphatic carbocycles. The number of nitrogens with zero attached hydrogens (tertiary/aromatic N) is 2. The van der Waals surface area contributed by atoms with Crippen molar-refractivity contribution in [2.24, 2.45) is 11.8 Å². The van der Waals surface area contributed by atoms with E-state index in [0.29, 0.717) is 17.7 Å². The molecule has 2 rings (SSSR count). The second-order valence-electron chi connectivity index (χ2n) is 5.79. The summed E-state index contributed by atoms with van der Waals surface area (Å²) < 4.78 is 42.3. The van der Waals surface area contributed by atoms with E-state index in [4.69, 9.17) is 10.00 Å². The van der Waals surface area contributed by atoms with Gasteiger partial charge in [-0.05, 0) is 19.3 Å². The van der Waals surface area contributed by atoms with Crippen LogP contribution >= 0.6 is 0 Å². The third kappa shape index (κ3) is 4.12. The number of hydrogen-bond donors (Lipinski definition) is 0. The Balaban J connectivity index is 1.91. The average molecular weight is 318 g/mol. The highest BCUT2D eigenvalue weighted by Gasteiger charge is 2.42. The number of likely N-dealkylation sites (tertiary alicyclic amines) is 1. The maximum atomic E-state index is 12.3. The van der Waals surface area contributed by atoms with E-state index in [1.807, 2.05) is 0 Å². The molecule has 8 heteroatoms. The molecule has 3 atom stereocenters. The summed E-state index contributed by atoms with van der Waals surface area (Å²) in [6.07, 6.45) is -2.29. The lowest BCUT2D eigenvalue weighted by Crippen LogP contribution is -2.36. The quantitative estimate of drug-likeness (QED) is 0.747. The molecule has 0 bridgehead atoms. The van der Waals surface area contributed by atoms with Crippen LogP contribution in [0.15, 0.2) is 0 Å². The topological polar surface area (TPSA) is 70.4 Å². The Morgan fingerprint density at radius 1 is 1.36 bits per heavy atom. The van der Waals surface area contributed by atoms with Gasteiger partial charge < -0.3 is 9.64 Å². The summed E-state index contributed by atoms with van der Waals surface area (Å²) in [5.41, 5.74) is 0. The summed E-state index contributed by atoms with van der Waals surface area (Å²) in [5, 5.41) is 9.02. The minimum atomic E-state index is -4.48. The highest BCUT2D eigenvalue weighted by atomic mass is 19.4. The predicted molar refractivity (Wildman–Crippen MR) is 68.2 cm³/mol. The van der Waals surface area contributed by atoms with Crippen molar-refractivity contribution in [1.29, 1.82) is 5.26 Å². The Hall–Kier alpha value is -1.78. The van der Waals surface area contributed by atoms with E-state index in [1.54, 1.807) is 0 Å². The molecule has 122 valence electrons. The zero-order valence-corrected chi connectivity index (χ0v) is 11.9. The zero-order valence-electron chi connectivity index (χ0n) is 11.9. The summed E-state index contributed by atoms with van der Waals surface area (Å²) >= 11 is 0. The molecule has 22 heavy (non-hydrogen) atoms. The van der Waals surface area contributed by atoms with Gasteiger partial charge in [0.1, 0.15) is 12.6 Å². The third-order valence-electron chi connectivity index (χ3n) is 4.05. The van der Waals surface area contributed by atoms with Gasteiger partial charge in [-0.3, -0.25) is 9.59 Å². The second-order valence-corrected chi connectivity index (χ2v) is 5.79. The number of carbonyl (C=O) groups is 2. The van der Waals surface area contributed by atoms with Crippen molar-refractivity contribution in [2.75, 3.05) is 13.1 Å². The van der Waals surface area contributed by atoms with Crippen molar-refractivity contribution < 1.29 is 27.5 Å². The van der Waals surface area contributed by atoms with Crippen LogP contribution in [0.4, 0.5) is 13.2 Å². The van der Waals surface area contributed by atoms with Crippen molar-refractivity contribution >= 4 is 11.9 Å². The van der Waals surface area contributed by atoms with Gasteiger partial charge in [0, 0.05) is 13.0 Å². The van der Waals surface area contributed by atoms with Crippen molar-refractivity contribution in [3.8, 4) is 6.07 Å². The normalized spacial score (nSPS) is 29.3. The molecule has 5 nitrogen and oxygen atoms in total. The van der Waals surface area contributed by atoms with E-state index in [2.05, 4.69) is 6.07 Å². The van der Waals surface area contributed by atoms with Gasteiger partial charge in [0.05, 0.1) is 17.9 Å². The van der Waals surface area contributed by atoms with Crippen molar-refractivity contribution in [2.45, 2.75) is 44.4 Å². The van der Waals surface area contributed by atoms with E-state index in [1.165, 1.54) is 0 Å². The number of nitriles is 1. The molecule has 1 saturated carbocycles. The number of alkyl halides is 3. The Kier molecular flexibility index (Phi) is 4.94. The third-order valence-corrected chi connectivity index (χ3v) is 4.05. The minimum Gasteiger partial charge on any atom is -0.461 e. The number of amides is 1. The molecule has 1 aliphatic heterocycles. The van der Waals surface area contributed by atoms with E-state index in [-0.39, 0.29) is 18.9 Å². The maximum Gasteiger partial charge on any atom is 0.406 e. The second kappa shape index (κ2) is 6.55. The Bertz CT molecular complexity index is 487. The summed E-state index contributed by atoms with van der Waals surface area (Å²) in [6, 6.07) is 2.10. The lowest BCUT2D eigenvalue weighted by molar-refractivity contribution is -0.160. The van der Waals surface area contributed by atoms with E-state index in [0.717, 1.165) is 12.8 Å². The predicted octanol–water partition coefficient (Wildman–Crippen LogP) is 2.02. The molecule has 0 N–H and O–H groups in total. The van der Waals surface area contributed by atoms with E-state index < -0.39 is 36.6 Å². The molecule has 1 heterocycles. The first kappa shape index (κ1) is 16.6. The SMILES string of the molecule is N#C[C@@H]1CCCC[C@@H]1OC(=O)[C@H]1CC(=O)N(CC(F)(F)F)C1. The Morgan fingerprint density at radius 2 is 2.05 bits per heavy atom. The smallest absolute Gasteiger partial charge is 0.406 e. The summed E-state index contributed by atoms with van der Waals surface area (Å²) in [5.74, 6) is -2.62. The minimum absolute atomic E-state index is 0.265. The first-order valence-electron chi connectivity index (χ1n) is 7.25. The summed E-state index contributed by atoms with van der Waals surface area (Å²) in [6.45, 7) is -1.62. The number of rotatable bonds is 3. The molecule has 2 aliphatic rings. The lowest BCUT2D eigenvalue weighted by atomic mass is 9.87. The lowest BCUT2D eigenvalue weighted by Gasteiger charge is -2.27. The van der Waals surface area contributed by atoms with E-state index in [9.17, 15) is 22.8 Å². The molecular weight excluding hydrogens is 301 g/mol. The molecule has 0 aromatic rings. The van der Waals surface area contributed by atoms with E-state index >= 15 is 0 Å². The Labute approximate surface area is 126 Å². The van der Waals surface area contributed by atoms with Gasteiger partial charge in [-0.25, -0.2) is 0 Å². The van der Waals surface area contributed by atoms with Crippen LogP contribution < -0.4 is 0 Å². The van der Waals surface area contributed by atoms with Crippen molar-refractivity contribution in [1.82, 2.24) is 4.90 Å². The fourth-order valence-electron chi connectivity index (χ4n) is 2.93. The molecule has 1 amide bonds. The molecule has 0 spiro atoms. The molecular formula is C14H17F3N2O3. The Morgan fingerprint density at radius 3 is 2.68 bits per heavy atom. The number of hydrogen-bond acceptors (Lipinski definition) is 4. The highest BCUT2D eigenvalue weighted by Crippen LogP contribution is 2.29. The van der Waals surface area contributed by atoms with Crippen LogP contribution in [-0.2, 0) is 14.3 Å². The molecule has 0 radical (unpaired) electrons. The number of ether oxygens (including phenoxy) is 1. The van der Waals surface area contributed by atoms with Gasteiger partial charge in [0.2, 0.25) is 5.91 Å². The zero-order chi connectivity index (χ0) is 16.3. The first-order valence-corrected chi connectivity index (χ1v) is 7.25. The molecule has 2 fully saturated rings. The standard InChI is InChI=1S/C14H17F3N2O3/c15-14(16,17)8-19-7-10(5-12(19)20)13(21)22-11-4-2-1-3-9(11)6-18/h9-11H,1-5,7-8H2/t9-,10-,11-/m0/s1. The average Bonchev–Trinajstić information content (AvgIpc) is 2.79. The summed E-state index contributed by atoms with van der Waals surface area (Å²) in [7, 11) is 0. The number of halogens is 3. The van der Waals surface area contributed by atoms with Crippen LogP contribution in [0.3, 0.4) is 0 Å². The van der Waals surface area contributed by atoms with Crippen LogP contribution in [0, 0.1) is 23.2 Å². The van der Waals surface area contributed by atoms with Gasteiger partial charge in [0.25, 0.3) is 0 Å². The van der Waals surface area contributed by atoms with Crippen LogP contribution in [0.2, 0.25) is 0 Å². The van der Waals surface area contributed by atoms with Gasteiger partial charge in [0.15, 0.2) is 0 Å². The van der Waals surface area contributed by atoms with Gasteiger partial charge in [-0.2, -0.15) is 18.4 Å². The highest BCUT2D eigenvalue weighted by molar-refractivity contribution is 5.86. The fraction of sp³-hybridized carbons (Fsp3) is 0.786. The van der Waals surface area contributed by atoms with Crippen LogP contribution in [-0.4, -0.2) is 42.1 Å². The maximum absolute atomic E-state index is 12.3. The van der Waals surface area contributed by atoms with Gasteiger partial charge in [-0.1, -0.05) is 6.42 Å². The molecule has 0 unspecified atom stereocenters. The number of carbonyl (C=O) groups excluding carboxylic acids is 2. The van der Waals surface area contributed by atoms with Crippen molar-refractivity contribution in [3.63, 3.8) is 0 Å². The van der Waals surface area contributed by atoms with Crippen LogP contribution in [0.1, 0.15) is 32.1 Å². The molecule has 0 aromatic heterocycles. The monoisotopic (exact) mass is 318 g/mol. The largest absolute Gasteiger partial charge is 0.461 e. The van der Waals surface area contributed by atoms with Gasteiger partial charge >= 0.3 is 12.1 Å². The van der Waals surface area contributed by atoms with Gasteiger partial charge in [-0.15, -0.1) is 0 Å². The first-order chi connectivity index (χ1) is 10.3. The number of esters is 1. The summed E-state index contributed by atoms with van der Waals surface area (Å²) in [4.78, 5) is 24.2.